The molecule has 2 aromatic carbocycles. The van der Waals surface area contributed by atoms with Crippen LogP contribution in [0.4, 0.5) is 5.95 Å². The molecule has 3 heterocycles. The van der Waals surface area contributed by atoms with E-state index < -0.39 is 10.0 Å². The molecule has 1 fully saturated rings. The molecule has 32 heavy (non-hydrogen) atoms. The number of benzene rings is 2. The number of carbonyl (C=O) groups is 1. The van der Waals surface area contributed by atoms with Crippen LogP contribution < -0.4 is 4.90 Å². The Morgan fingerprint density at radius 1 is 0.875 bits per heavy atom. The van der Waals surface area contributed by atoms with E-state index in [-0.39, 0.29) is 5.91 Å². The van der Waals surface area contributed by atoms with Crippen LogP contribution in [0.1, 0.15) is 37.7 Å². The molecule has 0 bridgehead atoms. The molecule has 7 nitrogen and oxygen atoms in total. The highest BCUT2D eigenvalue weighted by atomic mass is 32.2. The number of carbonyl (C=O) groups excluding carboxylic acids is 1. The summed E-state index contributed by atoms with van der Waals surface area (Å²) in [5.41, 5.74) is 2.92. The van der Waals surface area contributed by atoms with Crippen LogP contribution in [-0.4, -0.2) is 47.8 Å². The smallest absolute Gasteiger partial charge is 0.243 e. The fourth-order valence-electron chi connectivity index (χ4n) is 4.67. The number of para-hydroxylation sites is 2. The zero-order valence-electron chi connectivity index (χ0n) is 18.1. The average Bonchev–Trinajstić information content (AvgIpc) is 3.25. The third-order valence-corrected chi connectivity index (χ3v) is 8.39. The first-order valence-corrected chi connectivity index (χ1v) is 12.8. The van der Waals surface area contributed by atoms with Gasteiger partial charge in [-0.05, 0) is 49.1 Å². The number of aryl methyl sites for hydroxylation is 1. The number of amides is 1. The van der Waals surface area contributed by atoms with Crippen LogP contribution in [0.2, 0.25) is 0 Å². The molecule has 8 heteroatoms. The maximum Gasteiger partial charge on any atom is 0.243 e. The molecule has 1 saturated heterocycles. The van der Waals surface area contributed by atoms with Gasteiger partial charge in [-0.15, -0.1) is 0 Å². The summed E-state index contributed by atoms with van der Waals surface area (Å²) in [7, 11) is -3.45. The molecule has 2 aliphatic rings. The minimum Gasteiger partial charge on any atom is -0.308 e. The van der Waals surface area contributed by atoms with Crippen LogP contribution in [0.5, 0.6) is 0 Å². The van der Waals surface area contributed by atoms with Crippen molar-refractivity contribution in [3.63, 3.8) is 0 Å². The van der Waals surface area contributed by atoms with Gasteiger partial charge in [0.25, 0.3) is 0 Å². The predicted molar refractivity (Wildman–Crippen MR) is 124 cm³/mol. The second-order valence-corrected chi connectivity index (χ2v) is 10.5. The summed E-state index contributed by atoms with van der Waals surface area (Å²) in [6.45, 7) is 2.59. The topological polar surface area (TPSA) is 75.5 Å². The minimum atomic E-state index is -3.45. The number of imidazole rings is 1. The summed E-state index contributed by atoms with van der Waals surface area (Å²) in [6, 6.07) is 14.9. The largest absolute Gasteiger partial charge is 0.308 e. The molecular formula is C24H28N4O3S. The van der Waals surface area contributed by atoms with Crippen molar-refractivity contribution in [2.24, 2.45) is 0 Å². The molecule has 0 atom stereocenters. The van der Waals surface area contributed by atoms with Crippen LogP contribution in [0.25, 0.3) is 11.0 Å². The van der Waals surface area contributed by atoms with Crippen molar-refractivity contribution in [1.82, 2.24) is 13.9 Å². The van der Waals surface area contributed by atoms with Crippen molar-refractivity contribution in [2.75, 3.05) is 24.5 Å². The zero-order chi connectivity index (χ0) is 22.1. The fourth-order valence-corrected chi connectivity index (χ4v) is 6.19. The van der Waals surface area contributed by atoms with Gasteiger partial charge in [0.15, 0.2) is 0 Å². The number of hydrogen-bond acceptors (Lipinski definition) is 4. The highest BCUT2D eigenvalue weighted by Crippen LogP contribution is 2.28. The Labute approximate surface area is 188 Å². The normalized spacial score (nSPS) is 17.4. The molecule has 0 spiro atoms. The standard InChI is InChI=1S/C24H28N4O3S/c29-23(28-18-17-27-22-8-4-3-7-21(22)25-24(27)28)14-11-19-9-12-20(13-10-19)32(30,31)26-15-5-1-2-6-16-26/h3-4,7-10,12-13H,1-2,5-6,11,14-18H2. The van der Waals surface area contributed by atoms with Gasteiger partial charge < -0.3 is 4.57 Å². The highest BCUT2D eigenvalue weighted by molar-refractivity contribution is 7.89. The quantitative estimate of drug-likeness (QED) is 0.593. The number of hydrogen-bond donors (Lipinski definition) is 0. The first kappa shape index (κ1) is 21.2. The Kier molecular flexibility index (Phi) is 5.73. The Bertz CT molecular complexity index is 1230. The van der Waals surface area contributed by atoms with Gasteiger partial charge in [-0.1, -0.05) is 37.1 Å². The Morgan fingerprint density at radius 3 is 2.34 bits per heavy atom. The maximum absolute atomic E-state index is 12.9. The van der Waals surface area contributed by atoms with E-state index in [2.05, 4.69) is 9.55 Å². The van der Waals surface area contributed by atoms with Crippen molar-refractivity contribution >= 4 is 32.9 Å². The Balaban J connectivity index is 1.24. The van der Waals surface area contributed by atoms with Crippen molar-refractivity contribution < 1.29 is 13.2 Å². The van der Waals surface area contributed by atoms with E-state index >= 15 is 0 Å². The lowest BCUT2D eigenvalue weighted by atomic mass is 10.1. The summed E-state index contributed by atoms with van der Waals surface area (Å²) in [4.78, 5) is 19.6. The number of nitrogens with zero attached hydrogens (tertiary/aromatic N) is 4. The van der Waals surface area contributed by atoms with Gasteiger partial charge in [0.05, 0.1) is 15.9 Å². The lowest BCUT2D eigenvalue weighted by Crippen LogP contribution is -2.31. The number of sulfonamides is 1. The molecule has 0 N–H and O–H groups in total. The number of fused-ring (bicyclic) bond motifs is 3. The summed E-state index contributed by atoms with van der Waals surface area (Å²) >= 11 is 0. The summed E-state index contributed by atoms with van der Waals surface area (Å²) in [5, 5.41) is 0. The van der Waals surface area contributed by atoms with Crippen molar-refractivity contribution in [1.29, 1.82) is 0 Å². The van der Waals surface area contributed by atoms with E-state index in [4.69, 9.17) is 0 Å². The Morgan fingerprint density at radius 2 is 1.59 bits per heavy atom. The van der Waals surface area contributed by atoms with Gasteiger partial charge in [-0.25, -0.2) is 13.4 Å². The molecule has 1 amide bonds. The van der Waals surface area contributed by atoms with Gasteiger partial charge in [-0.3, -0.25) is 9.69 Å². The van der Waals surface area contributed by atoms with E-state index in [1.165, 1.54) is 0 Å². The monoisotopic (exact) mass is 452 g/mol. The van der Waals surface area contributed by atoms with Gasteiger partial charge >= 0.3 is 0 Å². The predicted octanol–water partition coefficient (Wildman–Crippen LogP) is 3.58. The lowest BCUT2D eigenvalue weighted by molar-refractivity contribution is -0.118. The maximum atomic E-state index is 12.9. The molecule has 0 saturated carbocycles. The first-order valence-electron chi connectivity index (χ1n) is 11.4. The molecule has 0 aliphatic carbocycles. The molecule has 1 aromatic heterocycles. The third kappa shape index (κ3) is 3.93. The molecular weight excluding hydrogens is 424 g/mol. The van der Waals surface area contributed by atoms with Crippen molar-refractivity contribution in [2.45, 2.75) is 50.0 Å². The van der Waals surface area contributed by atoms with Crippen LogP contribution >= 0.6 is 0 Å². The minimum absolute atomic E-state index is 0.0420. The second-order valence-electron chi connectivity index (χ2n) is 8.56. The zero-order valence-corrected chi connectivity index (χ0v) is 18.9. The van der Waals surface area contributed by atoms with Gasteiger partial charge in [0.2, 0.25) is 21.9 Å². The molecule has 168 valence electrons. The molecule has 3 aromatic rings. The van der Waals surface area contributed by atoms with E-state index in [1.54, 1.807) is 21.3 Å². The lowest BCUT2D eigenvalue weighted by Gasteiger charge is -2.20. The third-order valence-electron chi connectivity index (χ3n) is 6.48. The molecule has 5 rings (SSSR count). The Hall–Kier alpha value is -2.71. The summed E-state index contributed by atoms with van der Waals surface area (Å²) in [6.07, 6.45) is 4.95. The van der Waals surface area contributed by atoms with Gasteiger partial charge in [0.1, 0.15) is 0 Å². The molecule has 0 unspecified atom stereocenters. The first-order chi connectivity index (χ1) is 15.5. The van der Waals surface area contributed by atoms with E-state index in [1.807, 2.05) is 36.4 Å². The van der Waals surface area contributed by atoms with Gasteiger partial charge in [0, 0.05) is 32.6 Å². The van der Waals surface area contributed by atoms with Crippen molar-refractivity contribution in [3.05, 3.63) is 54.1 Å². The number of anilines is 1. The molecule has 2 aliphatic heterocycles. The summed E-state index contributed by atoms with van der Waals surface area (Å²) < 4.78 is 29.6. The average molecular weight is 453 g/mol. The fraction of sp³-hybridized carbons (Fsp3) is 0.417. The second kappa shape index (κ2) is 8.67. The van der Waals surface area contributed by atoms with Gasteiger partial charge in [-0.2, -0.15) is 4.31 Å². The van der Waals surface area contributed by atoms with Crippen molar-refractivity contribution in [3.8, 4) is 0 Å². The highest BCUT2D eigenvalue weighted by Gasteiger charge is 2.28. The summed E-state index contributed by atoms with van der Waals surface area (Å²) in [5.74, 6) is 0.760. The van der Waals surface area contributed by atoms with Crippen LogP contribution in [0.3, 0.4) is 0 Å². The number of aromatic nitrogens is 2. The number of rotatable bonds is 5. The van der Waals surface area contributed by atoms with Crippen LogP contribution in [0.15, 0.2) is 53.4 Å². The van der Waals surface area contributed by atoms with E-state index in [0.717, 1.165) is 54.8 Å². The van der Waals surface area contributed by atoms with Crippen LogP contribution in [-0.2, 0) is 27.8 Å². The van der Waals surface area contributed by atoms with E-state index in [9.17, 15) is 13.2 Å². The van der Waals surface area contributed by atoms with E-state index in [0.29, 0.717) is 37.4 Å². The SMILES string of the molecule is O=C(CCc1ccc(S(=O)(=O)N2CCCCCC2)cc1)N1CCn2c1nc1ccccc12. The van der Waals surface area contributed by atoms with Crippen LogP contribution in [0, 0.1) is 0 Å². The molecule has 0 radical (unpaired) electrons.